The van der Waals surface area contributed by atoms with E-state index in [9.17, 15) is 18.0 Å². The van der Waals surface area contributed by atoms with Crippen LogP contribution in [0.2, 0.25) is 0 Å². The van der Waals surface area contributed by atoms with Gasteiger partial charge >= 0.3 is 6.18 Å². The Balaban J connectivity index is 0.00000529. The Morgan fingerprint density at radius 2 is 2.12 bits per heavy atom. The molecule has 0 aliphatic heterocycles. The van der Waals surface area contributed by atoms with Gasteiger partial charge in [-0.25, -0.2) is 9.97 Å². The van der Waals surface area contributed by atoms with Crippen LogP contribution in [0.1, 0.15) is 24.0 Å². The standard InChI is InChI=1S/C12H13F3N5O3.Y/c1-4-18-23-6-8-7(9(20-22-3)10(21)16-2)5-17-11(19-8)12(13,14)15;/h5H,6H2,1-3H3,(H,16,21);/q-1;/b20-9+;. The van der Waals surface area contributed by atoms with Gasteiger partial charge in [-0.15, -0.1) is 0 Å². The maximum atomic E-state index is 12.7. The molecule has 129 valence electrons. The van der Waals surface area contributed by atoms with Gasteiger partial charge in [0.15, 0.2) is 12.3 Å². The normalized spacial score (nSPS) is 11.8. The van der Waals surface area contributed by atoms with Crippen LogP contribution in [0.25, 0.3) is 0 Å². The van der Waals surface area contributed by atoms with Crippen molar-refractivity contribution in [1.82, 2.24) is 15.3 Å². The summed E-state index contributed by atoms with van der Waals surface area (Å²) in [6.07, 6.45) is -1.64. The van der Waals surface area contributed by atoms with E-state index in [1.165, 1.54) is 21.1 Å². The van der Waals surface area contributed by atoms with Crippen LogP contribution in [0.5, 0.6) is 0 Å². The van der Waals surface area contributed by atoms with Crippen molar-refractivity contribution in [3.05, 3.63) is 23.3 Å². The van der Waals surface area contributed by atoms with Gasteiger partial charge in [-0.3, -0.25) is 4.79 Å². The number of amides is 1. The fourth-order valence-corrected chi connectivity index (χ4v) is 1.44. The second-order valence-electron chi connectivity index (χ2n) is 3.84. The van der Waals surface area contributed by atoms with Crippen LogP contribution in [0.3, 0.4) is 0 Å². The summed E-state index contributed by atoms with van der Waals surface area (Å²) >= 11 is 0. The van der Waals surface area contributed by atoms with Gasteiger partial charge in [0.25, 0.3) is 5.91 Å². The number of aromatic nitrogens is 2. The number of carbonyl (C=O) groups is 1. The minimum atomic E-state index is -4.75. The third-order valence-corrected chi connectivity index (χ3v) is 2.36. The number of carbonyl (C=O) groups excluding carboxylic acids is 1. The monoisotopic (exact) mass is 421 g/mol. The first-order valence-corrected chi connectivity index (χ1v) is 6.10. The number of rotatable bonds is 6. The topological polar surface area (TPSA) is 98.1 Å². The van der Waals surface area contributed by atoms with Gasteiger partial charge in [0.05, 0.1) is 11.3 Å². The molecule has 1 aromatic rings. The Morgan fingerprint density at radius 3 is 2.62 bits per heavy atom. The molecule has 1 rings (SSSR count). The first-order chi connectivity index (χ1) is 10.8. The predicted molar refractivity (Wildman–Crippen MR) is 72.5 cm³/mol. The fraction of sp³-hybridized carbons (Fsp3) is 0.417. The van der Waals surface area contributed by atoms with Gasteiger partial charge in [0.1, 0.15) is 7.11 Å². The molecule has 0 saturated heterocycles. The quantitative estimate of drug-likeness (QED) is 0.420. The maximum Gasteiger partial charge on any atom is 0.451 e. The molecule has 1 radical (unpaired) electrons. The van der Waals surface area contributed by atoms with E-state index in [0.29, 0.717) is 0 Å². The summed E-state index contributed by atoms with van der Waals surface area (Å²) in [6, 6.07) is 0. The molecule has 0 atom stereocenters. The van der Waals surface area contributed by atoms with Crippen LogP contribution in [0, 0.1) is 0 Å². The first kappa shape index (κ1) is 22.4. The number of hydrogen-bond donors (Lipinski definition) is 1. The van der Waals surface area contributed by atoms with E-state index in [1.54, 1.807) is 0 Å². The molecule has 0 unspecified atom stereocenters. The average Bonchev–Trinajstić information content (AvgIpc) is 2.51. The molecule has 0 aromatic carbocycles. The second kappa shape index (κ2) is 10.3. The number of oxime groups is 1. The zero-order chi connectivity index (χ0) is 17.5. The van der Waals surface area contributed by atoms with Crippen LogP contribution < -0.4 is 5.32 Å². The van der Waals surface area contributed by atoms with Gasteiger partial charge < -0.3 is 26.4 Å². The SMILES string of the molecule is C[C-]=NOCc1nc(C(F)(F)F)ncc1/C(=N\OC)C(=O)NC.[Y]. The Labute approximate surface area is 160 Å². The molecule has 0 fully saturated rings. The smallest absolute Gasteiger partial charge is 0.426 e. The Morgan fingerprint density at radius 1 is 1.46 bits per heavy atom. The van der Waals surface area contributed by atoms with Crippen molar-refractivity contribution in [3.63, 3.8) is 0 Å². The molecule has 24 heavy (non-hydrogen) atoms. The average molecular weight is 421 g/mol. The Bertz CT molecular complexity index is 622. The minimum Gasteiger partial charge on any atom is -0.426 e. The third-order valence-electron chi connectivity index (χ3n) is 2.36. The first-order valence-electron chi connectivity index (χ1n) is 6.10. The summed E-state index contributed by atoms with van der Waals surface area (Å²) in [6.45, 7) is 0.992. The largest absolute Gasteiger partial charge is 0.451 e. The summed E-state index contributed by atoms with van der Waals surface area (Å²) < 4.78 is 38.2. The number of halogens is 3. The van der Waals surface area contributed by atoms with Crippen molar-refractivity contribution >= 4 is 17.8 Å². The molecule has 1 heterocycles. The molecule has 0 aliphatic carbocycles. The van der Waals surface area contributed by atoms with E-state index in [-0.39, 0.29) is 49.7 Å². The van der Waals surface area contributed by atoms with Crippen LogP contribution in [-0.4, -0.2) is 42.0 Å². The number of nitrogens with zero attached hydrogens (tertiary/aromatic N) is 4. The molecule has 0 spiro atoms. The second-order valence-corrected chi connectivity index (χ2v) is 3.84. The zero-order valence-corrected chi connectivity index (χ0v) is 15.8. The van der Waals surface area contributed by atoms with Gasteiger partial charge in [0, 0.05) is 46.0 Å². The molecule has 8 nitrogen and oxygen atoms in total. The van der Waals surface area contributed by atoms with Crippen molar-refractivity contribution in [3.8, 4) is 0 Å². The summed E-state index contributed by atoms with van der Waals surface area (Å²) in [5, 5.41) is 9.08. The summed E-state index contributed by atoms with van der Waals surface area (Å²) in [4.78, 5) is 27.6. The fourth-order valence-electron chi connectivity index (χ4n) is 1.44. The van der Waals surface area contributed by atoms with Crippen molar-refractivity contribution < 1.29 is 60.4 Å². The third kappa shape index (κ3) is 6.12. The van der Waals surface area contributed by atoms with Crippen LogP contribution >= 0.6 is 0 Å². The summed E-state index contributed by atoms with van der Waals surface area (Å²) in [5.41, 5.74) is -0.608. The van der Waals surface area contributed by atoms with Crippen LogP contribution in [-0.2, 0) is 60.0 Å². The molecule has 1 amide bonds. The van der Waals surface area contributed by atoms with Crippen molar-refractivity contribution in [2.75, 3.05) is 14.2 Å². The van der Waals surface area contributed by atoms with E-state index < -0.39 is 24.5 Å². The number of alkyl halides is 3. The number of hydrogen-bond acceptors (Lipinski definition) is 7. The zero-order valence-electron chi connectivity index (χ0n) is 13.0. The van der Waals surface area contributed by atoms with Crippen LogP contribution in [0.15, 0.2) is 16.5 Å². The van der Waals surface area contributed by atoms with Gasteiger partial charge in [0.2, 0.25) is 5.82 Å². The van der Waals surface area contributed by atoms with Crippen molar-refractivity contribution in [2.45, 2.75) is 19.7 Å². The molecule has 12 heteroatoms. The summed E-state index contributed by atoms with van der Waals surface area (Å²) in [7, 11) is 2.51. The Kier molecular flexibility index (Phi) is 9.60. The van der Waals surface area contributed by atoms with Gasteiger partial charge in [-0.05, 0) is 0 Å². The Hall–Kier alpha value is -1.62. The van der Waals surface area contributed by atoms with Gasteiger partial charge in [-0.1, -0.05) is 5.16 Å². The van der Waals surface area contributed by atoms with E-state index in [0.717, 1.165) is 6.20 Å². The van der Waals surface area contributed by atoms with Crippen LogP contribution in [0.4, 0.5) is 13.2 Å². The van der Waals surface area contributed by atoms with E-state index in [2.05, 4.69) is 36.6 Å². The minimum absolute atomic E-state index is 0. The van der Waals surface area contributed by atoms with E-state index >= 15 is 0 Å². The van der Waals surface area contributed by atoms with Crippen molar-refractivity contribution in [1.29, 1.82) is 0 Å². The number of likely N-dealkylation sites (N-methyl/N-ethyl adjacent to an activating group) is 1. The van der Waals surface area contributed by atoms with Gasteiger partial charge in [-0.2, -0.15) is 20.1 Å². The molecule has 1 N–H and O–H groups in total. The van der Waals surface area contributed by atoms with Crippen molar-refractivity contribution in [2.24, 2.45) is 10.3 Å². The molecule has 0 bridgehead atoms. The maximum absolute atomic E-state index is 12.7. The molecular formula is C12H13F3N5O3Y-. The summed E-state index contributed by atoms with van der Waals surface area (Å²) in [5.74, 6) is -2.07. The van der Waals surface area contributed by atoms with E-state index in [4.69, 9.17) is 4.84 Å². The molecule has 1 aromatic heterocycles. The molecule has 0 saturated carbocycles. The number of nitrogens with one attached hydrogen (secondary N) is 1. The predicted octanol–water partition coefficient (Wildman–Crippen LogP) is 0.989. The molecular weight excluding hydrogens is 408 g/mol. The molecule has 0 aliphatic rings. The van der Waals surface area contributed by atoms with E-state index in [1.807, 2.05) is 0 Å².